The minimum absolute atomic E-state index is 0.0795. The number of anilines is 2. The molecule has 4 aromatic rings. The molecule has 0 aliphatic heterocycles. The number of thiophene rings is 1. The van der Waals surface area contributed by atoms with Gasteiger partial charge in [0.2, 0.25) is 0 Å². The van der Waals surface area contributed by atoms with Crippen molar-refractivity contribution in [1.82, 2.24) is 0 Å². The Labute approximate surface area is 170 Å². The smallest absolute Gasteiger partial charge is 0.147 e. The molecule has 0 aliphatic carbocycles. The van der Waals surface area contributed by atoms with E-state index in [0.29, 0.717) is 5.69 Å². The summed E-state index contributed by atoms with van der Waals surface area (Å²) >= 11 is 4.00. The summed E-state index contributed by atoms with van der Waals surface area (Å²) in [6.07, 6.45) is 0. The van der Waals surface area contributed by atoms with Crippen LogP contribution in [-0.4, -0.2) is 0 Å². The number of para-hydroxylation sites is 1. The van der Waals surface area contributed by atoms with E-state index in [1.54, 1.807) is 17.4 Å². The second-order valence-corrected chi connectivity index (χ2v) is 9.41. The van der Waals surface area contributed by atoms with Crippen LogP contribution in [0.25, 0.3) is 20.2 Å². The van der Waals surface area contributed by atoms with Crippen LogP contribution in [0.15, 0.2) is 60.7 Å². The topological polar surface area (TPSA) is 3.24 Å². The monoisotopic (exact) mass is 475 g/mol. The molecule has 132 valence electrons. The van der Waals surface area contributed by atoms with Crippen molar-refractivity contribution in [2.45, 2.75) is 26.2 Å². The molecule has 0 fully saturated rings. The van der Waals surface area contributed by atoms with Gasteiger partial charge in [-0.1, -0.05) is 63.2 Å². The zero-order chi connectivity index (χ0) is 18.5. The van der Waals surface area contributed by atoms with Crippen LogP contribution in [0, 0.1) is 5.82 Å². The molecule has 1 heterocycles. The van der Waals surface area contributed by atoms with Gasteiger partial charge >= 0.3 is 0 Å². The summed E-state index contributed by atoms with van der Waals surface area (Å²) < 4.78 is 18.7. The lowest BCUT2D eigenvalue weighted by molar-refractivity contribution is 0.597. The van der Waals surface area contributed by atoms with E-state index < -0.39 is 0 Å². The van der Waals surface area contributed by atoms with Crippen LogP contribution in [-0.2, 0) is 5.41 Å². The van der Waals surface area contributed by atoms with Gasteiger partial charge in [-0.3, -0.25) is 3.11 Å². The number of nitrogens with zero attached hydrogens (tertiary/aromatic N) is 1. The summed E-state index contributed by atoms with van der Waals surface area (Å²) in [5, 5.41) is 2.50. The highest BCUT2D eigenvalue weighted by Crippen LogP contribution is 2.45. The summed E-state index contributed by atoms with van der Waals surface area (Å²) in [7, 11) is 0. The van der Waals surface area contributed by atoms with Crippen molar-refractivity contribution in [2.24, 2.45) is 0 Å². The van der Waals surface area contributed by atoms with E-state index in [-0.39, 0.29) is 11.2 Å². The number of rotatable bonds is 2. The molecule has 4 heteroatoms. The molecular formula is C22H19FINS. The van der Waals surface area contributed by atoms with Crippen molar-refractivity contribution in [2.75, 3.05) is 3.11 Å². The van der Waals surface area contributed by atoms with Gasteiger partial charge in [0.05, 0.1) is 38.9 Å². The molecule has 0 unspecified atom stereocenters. The Morgan fingerprint density at radius 2 is 1.42 bits per heavy atom. The lowest BCUT2D eigenvalue weighted by Crippen LogP contribution is -2.10. The molecule has 26 heavy (non-hydrogen) atoms. The molecule has 0 amide bonds. The molecule has 0 radical (unpaired) electrons. The number of hydrogen-bond acceptors (Lipinski definition) is 2. The molecule has 0 bridgehead atoms. The largest absolute Gasteiger partial charge is 0.279 e. The lowest BCUT2D eigenvalue weighted by atomic mass is 9.86. The van der Waals surface area contributed by atoms with E-state index in [9.17, 15) is 4.39 Å². The predicted molar refractivity (Wildman–Crippen MR) is 121 cm³/mol. The maximum atomic E-state index is 14.3. The van der Waals surface area contributed by atoms with Gasteiger partial charge in [0.25, 0.3) is 0 Å². The zero-order valence-electron chi connectivity index (χ0n) is 14.9. The fourth-order valence-corrected chi connectivity index (χ4v) is 5.78. The zero-order valence-corrected chi connectivity index (χ0v) is 17.9. The second kappa shape index (κ2) is 6.50. The van der Waals surface area contributed by atoms with Crippen LogP contribution in [0.1, 0.15) is 26.3 Å². The van der Waals surface area contributed by atoms with Gasteiger partial charge in [0.15, 0.2) is 0 Å². The molecule has 3 aromatic carbocycles. The molecule has 0 aliphatic rings. The molecule has 4 rings (SSSR count). The fraction of sp³-hybridized carbons (Fsp3) is 0.182. The van der Waals surface area contributed by atoms with Crippen LogP contribution in [0.2, 0.25) is 0 Å². The number of benzene rings is 3. The Morgan fingerprint density at radius 1 is 0.808 bits per heavy atom. The van der Waals surface area contributed by atoms with Crippen molar-refractivity contribution in [1.29, 1.82) is 0 Å². The van der Waals surface area contributed by atoms with E-state index in [0.717, 1.165) is 5.69 Å². The number of halogens is 2. The lowest BCUT2D eigenvalue weighted by Gasteiger charge is -2.19. The maximum absolute atomic E-state index is 14.3. The van der Waals surface area contributed by atoms with E-state index in [1.165, 1.54) is 31.8 Å². The SMILES string of the molecule is CC(C)(C)c1cccc2c1sc1c(N(I)c3ccccc3F)cccc12. The van der Waals surface area contributed by atoms with Crippen molar-refractivity contribution in [3.63, 3.8) is 0 Å². The highest BCUT2D eigenvalue weighted by Gasteiger charge is 2.21. The summed E-state index contributed by atoms with van der Waals surface area (Å²) in [4.78, 5) is 0. The van der Waals surface area contributed by atoms with Gasteiger partial charge in [-0.05, 0) is 29.2 Å². The molecule has 0 N–H and O–H groups in total. The van der Waals surface area contributed by atoms with Crippen LogP contribution in [0.4, 0.5) is 15.8 Å². The van der Waals surface area contributed by atoms with Crippen molar-refractivity contribution < 1.29 is 4.39 Å². The minimum Gasteiger partial charge on any atom is -0.279 e. The molecule has 1 aromatic heterocycles. The molecule has 0 saturated carbocycles. The van der Waals surface area contributed by atoms with Gasteiger partial charge in [-0.2, -0.15) is 0 Å². The van der Waals surface area contributed by atoms with Crippen LogP contribution in [0.3, 0.4) is 0 Å². The molecule has 0 saturated heterocycles. The highest BCUT2D eigenvalue weighted by atomic mass is 127. The second-order valence-electron chi connectivity index (χ2n) is 7.42. The van der Waals surface area contributed by atoms with E-state index in [4.69, 9.17) is 0 Å². The van der Waals surface area contributed by atoms with E-state index in [1.807, 2.05) is 15.2 Å². The predicted octanol–water partition coefficient (Wildman–Crippen LogP) is 7.98. The third-order valence-corrected chi connectivity index (χ3v) is 6.90. The van der Waals surface area contributed by atoms with Crippen LogP contribution < -0.4 is 3.11 Å². The van der Waals surface area contributed by atoms with Crippen LogP contribution in [0.5, 0.6) is 0 Å². The van der Waals surface area contributed by atoms with Crippen molar-refractivity contribution in [3.05, 3.63) is 72.0 Å². The summed E-state index contributed by atoms with van der Waals surface area (Å²) in [6, 6.07) is 19.7. The molecule has 0 atom stereocenters. The Balaban J connectivity index is 1.99. The van der Waals surface area contributed by atoms with Crippen molar-refractivity contribution in [3.8, 4) is 0 Å². The third-order valence-electron chi connectivity index (χ3n) is 4.59. The van der Waals surface area contributed by atoms with Crippen LogP contribution >= 0.6 is 34.2 Å². The van der Waals surface area contributed by atoms with Gasteiger partial charge in [-0.25, -0.2) is 4.39 Å². The number of fused-ring (bicyclic) bond motifs is 3. The van der Waals surface area contributed by atoms with E-state index in [2.05, 4.69) is 80.0 Å². The molecular weight excluding hydrogens is 456 g/mol. The third kappa shape index (κ3) is 2.89. The van der Waals surface area contributed by atoms with Gasteiger partial charge < -0.3 is 0 Å². The first-order chi connectivity index (χ1) is 12.4. The average molecular weight is 475 g/mol. The quantitative estimate of drug-likeness (QED) is 0.210. The van der Waals surface area contributed by atoms with Gasteiger partial charge in [-0.15, -0.1) is 11.3 Å². The molecule has 1 nitrogen and oxygen atoms in total. The summed E-state index contributed by atoms with van der Waals surface area (Å²) in [6.45, 7) is 6.74. The average Bonchev–Trinajstić information content (AvgIpc) is 2.99. The number of hydrogen-bond donors (Lipinski definition) is 0. The fourth-order valence-electron chi connectivity index (χ4n) is 3.29. The minimum atomic E-state index is -0.213. The first-order valence-electron chi connectivity index (χ1n) is 8.53. The molecule has 0 spiro atoms. The Morgan fingerprint density at radius 3 is 2.12 bits per heavy atom. The Kier molecular flexibility index (Phi) is 4.43. The summed E-state index contributed by atoms with van der Waals surface area (Å²) in [5.74, 6) is -0.213. The standard InChI is InChI=1S/C22H19FINS/c1-22(2,3)16-10-6-8-14-15-9-7-13-19(21(15)26-20(14)16)25(24)18-12-5-4-11-17(18)23/h4-13H,1-3H3. The summed E-state index contributed by atoms with van der Waals surface area (Å²) in [5.41, 5.74) is 3.03. The maximum Gasteiger partial charge on any atom is 0.147 e. The van der Waals surface area contributed by atoms with Crippen molar-refractivity contribution >= 4 is 65.7 Å². The van der Waals surface area contributed by atoms with Gasteiger partial charge in [0.1, 0.15) is 5.82 Å². The highest BCUT2D eigenvalue weighted by molar-refractivity contribution is 14.1. The Hall–Kier alpha value is -1.66. The normalized spacial score (nSPS) is 12.0. The first kappa shape index (κ1) is 17.7. The van der Waals surface area contributed by atoms with E-state index >= 15 is 0 Å². The van der Waals surface area contributed by atoms with Gasteiger partial charge in [0, 0.05) is 15.5 Å². The Bertz CT molecular complexity index is 1110. The first-order valence-corrected chi connectivity index (χ1v) is 10.3.